The van der Waals surface area contributed by atoms with Gasteiger partial charge >= 0.3 is 5.63 Å². The van der Waals surface area contributed by atoms with E-state index < -0.39 is 0 Å². The van der Waals surface area contributed by atoms with Crippen molar-refractivity contribution in [3.63, 3.8) is 0 Å². The van der Waals surface area contributed by atoms with Crippen LogP contribution < -0.4 is 10.5 Å². The number of anilines is 1. The van der Waals surface area contributed by atoms with Crippen LogP contribution in [0, 0.1) is 0 Å². The van der Waals surface area contributed by atoms with Gasteiger partial charge in [0, 0.05) is 18.5 Å². The Morgan fingerprint density at radius 3 is 2.50 bits per heavy atom. The van der Waals surface area contributed by atoms with Crippen molar-refractivity contribution in [3.05, 3.63) is 65.2 Å². The first-order chi connectivity index (χ1) is 12.8. The molecule has 0 spiro atoms. The lowest BCUT2D eigenvalue weighted by atomic mass is 10.0. The Labute approximate surface area is 149 Å². The molecule has 1 saturated heterocycles. The molecule has 5 rings (SSSR count). The summed E-state index contributed by atoms with van der Waals surface area (Å²) in [5.41, 5.74) is 3.32. The molecule has 0 N–H and O–H groups in total. The van der Waals surface area contributed by atoms with Crippen molar-refractivity contribution >= 4 is 27.6 Å². The van der Waals surface area contributed by atoms with Crippen molar-refractivity contribution in [1.29, 1.82) is 0 Å². The second-order valence-corrected chi connectivity index (χ2v) is 6.35. The molecule has 0 unspecified atom stereocenters. The summed E-state index contributed by atoms with van der Waals surface area (Å²) in [4.78, 5) is 15.2. The number of hydrogen-bond acceptors (Lipinski definition) is 5. The molecule has 0 aliphatic carbocycles. The number of benzene rings is 2. The number of furan rings is 1. The standard InChI is InChI=1S/C21H17NO4/c23-21-18(14-4-2-1-3-5-14)19(22-9-12-24-13-10-22)16-6-7-17-15(8-11-25-17)20(16)26-21/h1-8,11H,9-10,12-13H2. The second-order valence-electron chi connectivity index (χ2n) is 6.35. The van der Waals surface area contributed by atoms with Crippen molar-refractivity contribution in [2.75, 3.05) is 31.2 Å². The third-order valence-corrected chi connectivity index (χ3v) is 4.87. The van der Waals surface area contributed by atoms with E-state index in [1.165, 1.54) is 0 Å². The second kappa shape index (κ2) is 6.04. The van der Waals surface area contributed by atoms with Gasteiger partial charge in [-0.3, -0.25) is 0 Å². The average molecular weight is 347 g/mol. The summed E-state index contributed by atoms with van der Waals surface area (Å²) in [7, 11) is 0. The van der Waals surface area contributed by atoms with Gasteiger partial charge < -0.3 is 18.5 Å². The van der Waals surface area contributed by atoms with Gasteiger partial charge in [0.25, 0.3) is 0 Å². The Balaban J connectivity index is 1.89. The minimum absolute atomic E-state index is 0.334. The van der Waals surface area contributed by atoms with Gasteiger partial charge in [-0.15, -0.1) is 0 Å². The van der Waals surface area contributed by atoms with Crippen molar-refractivity contribution < 1.29 is 13.6 Å². The van der Waals surface area contributed by atoms with E-state index in [0.29, 0.717) is 29.9 Å². The van der Waals surface area contributed by atoms with Gasteiger partial charge in [-0.2, -0.15) is 0 Å². The smallest absolute Gasteiger partial charge is 0.346 e. The number of rotatable bonds is 2. The predicted octanol–water partition coefficient (Wildman–Crippen LogP) is 4.04. The zero-order valence-electron chi connectivity index (χ0n) is 14.1. The van der Waals surface area contributed by atoms with E-state index in [0.717, 1.165) is 35.1 Å². The van der Waals surface area contributed by atoms with Crippen LogP contribution in [0.1, 0.15) is 0 Å². The SMILES string of the molecule is O=c1oc2c(ccc3occc32)c(N2CCOCC2)c1-c1ccccc1. The Kier molecular flexibility index (Phi) is 3.53. The number of hydrogen-bond donors (Lipinski definition) is 0. The molecule has 0 saturated carbocycles. The quantitative estimate of drug-likeness (QED) is 0.512. The lowest BCUT2D eigenvalue weighted by Gasteiger charge is -2.31. The Morgan fingerprint density at radius 2 is 1.69 bits per heavy atom. The minimum atomic E-state index is -0.334. The summed E-state index contributed by atoms with van der Waals surface area (Å²) in [5.74, 6) is 0. The summed E-state index contributed by atoms with van der Waals surface area (Å²) >= 11 is 0. The van der Waals surface area contributed by atoms with Gasteiger partial charge in [0.1, 0.15) is 5.58 Å². The van der Waals surface area contributed by atoms with Crippen molar-refractivity contribution in [3.8, 4) is 11.1 Å². The largest absolute Gasteiger partial charge is 0.464 e. The fourth-order valence-corrected chi connectivity index (χ4v) is 3.66. The first kappa shape index (κ1) is 15.2. The summed E-state index contributed by atoms with van der Waals surface area (Å²) in [6.07, 6.45) is 1.61. The first-order valence-electron chi connectivity index (χ1n) is 8.68. The van der Waals surface area contributed by atoms with E-state index in [-0.39, 0.29) is 5.63 Å². The van der Waals surface area contributed by atoms with E-state index >= 15 is 0 Å². The Morgan fingerprint density at radius 1 is 0.885 bits per heavy atom. The lowest BCUT2D eigenvalue weighted by molar-refractivity contribution is 0.123. The molecular weight excluding hydrogens is 330 g/mol. The van der Waals surface area contributed by atoms with Gasteiger partial charge in [-0.25, -0.2) is 4.79 Å². The van der Waals surface area contributed by atoms with Gasteiger partial charge in [-0.1, -0.05) is 30.3 Å². The molecule has 1 aliphatic heterocycles. The van der Waals surface area contributed by atoms with Crippen LogP contribution in [0.2, 0.25) is 0 Å². The normalized spacial score (nSPS) is 15.0. The highest BCUT2D eigenvalue weighted by atomic mass is 16.5. The van der Waals surface area contributed by atoms with Crippen LogP contribution in [0.5, 0.6) is 0 Å². The average Bonchev–Trinajstić information content (AvgIpc) is 3.18. The van der Waals surface area contributed by atoms with Crippen LogP contribution in [-0.2, 0) is 4.74 Å². The molecule has 5 heteroatoms. The third-order valence-electron chi connectivity index (χ3n) is 4.87. The predicted molar refractivity (Wildman–Crippen MR) is 101 cm³/mol. The number of ether oxygens (including phenoxy) is 1. The summed E-state index contributed by atoms with van der Waals surface area (Å²) in [6, 6.07) is 15.4. The molecule has 0 bridgehead atoms. The van der Waals surface area contributed by atoms with E-state index in [4.69, 9.17) is 13.6 Å². The van der Waals surface area contributed by atoms with Crippen LogP contribution in [-0.4, -0.2) is 26.3 Å². The molecule has 4 aromatic rings. The van der Waals surface area contributed by atoms with Gasteiger partial charge in [0.05, 0.1) is 36.1 Å². The van der Waals surface area contributed by atoms with Crippen LogP contribution in [0.15, 0.2) is 68.4 Å². The highest BCUT2D eigenvalue weighted by molar-refractivity contribution is 6.09. The fraction of sp³-hybridized carbons (Fsp3) is 0.190. The van der Waals surface area contributed by atoms with Crippen LogP contribution >= 0.6 is 0 Å². The molecule has 2 aromatic heterocycles. The maximum absolute atomic E-state index is 13.0. The molecule has 0 radical (unpaired) electrons. The molecule has 5 nitrogen and oxygen atoms in total. The van der Waals surface area contributed by atoms with Gasteiger partial charge in [0.15, 0.2) is 5.58 Å². The summed E-state index contributed by atoms with van der Waals surface area (Å²) in [5, 5.41) is 1.73. The fourth-order valence-electron chi connectivity index (χ4n) is 3.66. The Hall–Kier alpha value is -3.05. The van der Waals surface area contributed by atoms with Crippen molar-refractivity contribution in [1.82, 2.24) is 0 Å². The topological polar surface area (TPSA) is 55.8 Å². The number of morpholine rings is 1. The maximum atomic E-state index is 13.0. The molecule has 3 heterocycles. The van der Waals surface area contributed by atoms with E-state index in [2.05, 4.69) is 4.90 Å². The first-order valence-corrected chi connectivity index (χ1v) is 8.68. The maximum Gasteiger partial charge on any atom is 0.346 e. The molecule has 1 aliphatic rings. The highest BCUT2D eigenvalue weighted by Crippen LogP contribution is 2.38. The van der Waals surface area contributed by atoms with Crippen LogP contribution in [0.4, 0.5) is 5.69 Å². The molecule has 2 aromatic carbocycles. The van der Waals surface area contributed by atoms with Crippen molar-refractivity contribution in [2.24, 2.45) is 0 Å². The van der Waals surface area contributed by atoms with Gasteiger partial charge in [0.2, 0.25) is 0 Å². The van der Waals surface area contributed by atoms with E-state index in [1.807, 2.05) is 48.5 Å². The third kappa shape index (κ3) is 2.32. The number of fused-ring (bicyclic) bond motifs is 3. The molecule has 0 amide bonds. The van der Waals surface area contributed by atoms with E-state index in [9.17, 15) is 4.79 Å². The minimum Gasteiger partial charge on any atom is -0.464 e. The zero-order chi connectivity index (χ0) is 17.5. The molecule has 26 heavy (non-hydrogen) atoms. The lowest BCUT2D eigenvalue weighted by Crippen LogP contribution is -2.37. The molecule has 130 valence electrons. The van der Waals surface area contributed by atoms with Crippen LogP contribution in [0.25, 0.3) is 33.1 Å². The molecular formula is C21H17NO4. The molecule has 1 fully saturated rings. The monoisotopic (exact) mass is 347 g/mol. The van der Waals surface area contributed by atoms with Crippen LogP contribution in [0.3, 0.4) is 0 Å². The highest BCUT2D eigenvalue weighted by Gasteiger charge is 2.24. The number of nitrogens with zero attached hydrogens (tertiary/aromatic N) is 1. The molecule has 0 atom stereocenters. The summed E-state index contributed by atoms with van der Waals surface area (Å²) < 4.78 is 16.8. The van der Waals surface area contributed by atoms with Gasteiger partial charge in [-0.05, 0) is 23.8 Å². The van der Waals surface area contributed by atoms with Crippen molar-refractivity contribution in [2.45, 2.75) is 0 Å². The summed E-state index contributed by atoms with van der Waals surface area (Å²) in [6.45, 7) is 2.76. The zero-order valence-corrected chi connectivity index (χ0v) is 14.1. The Bertz CT molecular complexity index is 1140. The van der Waals surface area contributed by atoms with E-state index in [1.54, 1.807) is 6.26 Å².